The van der Waals surface area contributed by atoms with E-state index in [0.29, 0.717) is 0 Å². The van der Waals surface area contributed by atoms with Crippen molar-refractivity contribution in [1.29, 1.82) is 0 Å². The first-order chi connectivity index (χ1) is 11.4. The molecule has 5 rings (SSSR count). The lowest BCUT2D eigenvalue weighted by Crippen LogP contribution is -2.07. The van der Waals surface area contributed by atoms with Crippen LogP contribution < -0.4 is 0 Å². The van der Waals surface area contributed by atoms with Gasteiger partial charge in [-0.1, -0.05) is 60.9 Å². The molecule has 1 saturated carbocycles. The van der Waals surface area contributed by atoms with Gasteiger partial charge < -0.3 is 0 Å². The van der Waals surface area contributed by atoms with Crippen LogP contribution in [0.3, 0.4) is 0 Å². The minimum atomic E-state index is 0.811. The summed E-state index contributed by atoms with van der Waals surface area (Å²) in [5, 5.41) is 2.95. The van der Waals surface area contributed by atoms with Crippen LogP contribution in [0.5, 0.6) is 0 Å². The molecule has 0 aromatic heterocycles. The fraction of sp³-hybridized carbons (Fsp3) is 0.391. The molecule has 2 aromatic rings. The first-order valence-electron chi connectivity index (χ1n) is 9.34. The molecular formula is C23H24. The summed E-state index contributed by atoms with van der Waals surface area (Å²) in [5.41, 5.74) is 7.87. The van der Waals surface area contributed by atoms with Crippen molar-refractivity contribution in [3.63, 3.8) is 0 Å². The van der Waals surface area contributed by atoms with Crippen LogP contribution in [-0.2, 0) is 6.42 Å². The van der Waals surface area contributed by atoms with Crippen LogP contribution in [-0.4, -0.2) is 0 Å². The largest absolute Gasteiger partial charge is 0.0836 e. The highest BCUT2D eigenvalue weighted by Gasteiger charge is 2.22. The molecule has 0 bridgehead atoms. The molecular weight excluding hydrogens is 276 g/mol. The first-order valence-corrected chi connectivity index (χ1v) is 9.34. The molecule has 0 heteroatoms. The molecule has 3 aliphatic rings. The van der Waals surface area contributed by atoms with E-state index in [-0.39, 0.29) is 0 Å². The third kappa shape index (κ3) is 2.19. The summed E-state index contributed by atoms with van der Waals surface area (Å²) in [7, 11) is 0. The summed E-state index contributed by atoms with van der Waals surface area (Å²) < 4.78 is 0. The van der Waals surface area contributed by atoms with Crippen molar-refractivity contribution >= 4 is 16.3 Å². The average Bonchev–Trinajstić information content (AvgIpc) is 3.15. The van der Waals surface area contributed by atoms with Gasteiger partial charge in [0.1, 0.15) is 0 Å². The molecule has 23 heavy (non-hydrogen) atoms. The Balaban J connectivity index is 1.64. The molecule has 0 radical (unpaired) electrons. The van der Waals surface area contributed by atoms with Crippen LogP contribution in [0.2, 0.25) is 0 Å². The highest BCUT2D eigenvalue weighted by molar-refractivity contribution is 5.94. The SMILES string of the molecule is C1=CC2=C(CC1)CCc1c2ccc2cc(C3CCCC3)ccc12. The maximum atomic E-state index is 2.48. The Labute approximate surface area is 138 Å². The minimum absolute atomic E-state index is 0.811. The number of hydrogen-bond donors (Lipinski definition) is 0. The Morgan fingerprint density at radius 3 is 2.70 bits per heavy atom. The lowest BCUT2D eigenvalue weighted by molar-refractivity contribution is 0.724. The monoisotopic (exact) mass is 300 g/mol. The maximum absolute atomic E-state index is 2.48. The second-order valence-electron chi connectivity index (χ2n) is 7.51. The normalized spacial score (nSPS) is 20.9. The van der Waals surface area contributed by atoms with E-state index in [4.69, 9.17) is 0 Å². The molecule has 1 fully saturated rings. The van der Waals surface area contributed by atoms with E-state index < -0.39 is 0 Å². The van der Waals surface area contributed by atoms with Gasteiger partial charge in [0.15, 0.2) is 0 Å². The van der Waals surface area contributed by atoms with E-state index in [0.717, 1.165) is 5.92 Å². The predicted octanol–water partition coefficient (Wildman–Crippen LogP) is 6.55. The molecule has 0 nitrogen and oxygen atoms in total. The maximum Gasteiger partial charge on any atom is -0.0145 e. The van der Waals surface area contributed by atoms with Gasteiger partial charge in [0.05, 0.1) is 0 Å². The third-order valence-electron chi connectivity index (χ3n) is 6.23. The van der Waals surface area contributed by atoms with E-state index in [1.165, 1.54) is 73.3 Å². The summed E-state index contributed by atoms with van der Waals surface area (Å²) in [6.45, 7) is 0. The van der Waals surface area contributed by atoms with E-state index in [1.54, 1.807) is 16.7 Å². The number of rotatable bonds is 1. The molecule has 2 aromatic carbocycles. The molecule has 0 aliphatic heterocycles. The van der Waals surface area contributed by atoms with Gasteiger partial charge in [-0.2, -0.15) is 0 Å². The van der Waals surface area contributed by atoms with Gasteiger partial charge in [-0.15, -0.1) is 0 Å². The second-order valence-corrected chi connectivity index (χ2v) is 7.51. The van der Waals surface area contributed by atoms with Gasteiger partial charge in [0.25, 0.3) is 0 Å². The van der Waals surface area contributed by atoms with Gasteiger partial charge in [0, 0.05) is 0 Å². The second kappa shape index (κ2) is 5.37. The third-order valence-corrected chi connectivity index (χ3v) is 6.23. The van der Waals surface area contributed by atoms with E-state index in [1.807, 2.05) is 0 Å². The predicted molar refractivity (Wildman–Crippen MR) is 98.8 cm³/mol. The van der Waals surface area contributed by atoms with Gasteiger partial charge in [0.2, 0.25) is 0 Å². The Morgan fingerprint density at radius 2 is 1.78 bits per heavy atom. The van der Waals surface area contributed by atoms with Gasteiger partial charge in [-0.25, -0.2) is 0 Å². The molecule has 0 heterocycles. The van der Waals surface area contributed by atoms with E-state index >= 15 is 0 Å². The van der Waals surface area contributed by atoms with Crippen molar-refractivity contribution in [3.8, 4) is 0 Å². The number of allylic oxidation sites excluding steroid dienone is 4. The summed E-state index contributed by atoms with van der Waals surface area (Å²) in [6.07, 6.45) is 15.3. The van der Waals surface area contributed by atoms with Crippen LogP contribution in [0.4, 0.5) is 0 Å². The highest BCUT2D eigenvalue weighted by Crippen LogP contribution is 2.41. The summed E-state index contributed by atoms with van der Waals surface area (Å²) in [4.78, 5) is 0. The fourth-order valence-corrected chi connectivity index (χ4v) is 4.97. The highest BCUT2D eigenvalue weighted by atomic mass is 14.3. The van der Waals surface area contributed by atoms with Crippen LogP contribution in [0.25, 0.3) is 16.3 Å². The van der Waals surface area contributed by atoms with Crippen molar-refractivity contribution in [3.05, 3.63) is 64.7 Å². The Morgan fingerprint density at radius 1 is 0.870 bits per heavy atom. The van der Waals surface area contributed by atoms with Crippen molar-refractivity contribution in [2.45, 2.75) is 57.3 Å². The Bertz CT molecular complexity index is 828. The molecule has 3 aliphatic carbocycles. The molecule has 116 valence electrons. The van der Waals surface area contributed by atoms with Crippen LogP contribution in [0.1, 0.15) is 67.6 Å². The zero-order valence-electron chi connectivity index (χ0n) is 13.8. The number of benzene rings is 2. The molecule has 0 amide bonds. The smallest absolute Gasteiger partial charge is 0.0145 e. The summed E-state index contributed by atoms with van der Waals surface area (Å²) >= 11 is 0. The van der Waals surface area contributed by atoms with E-state index in [2.05, 4.69) is 42.5 Å². The average molecular weight is 300 g/mol. The van der Waals surface area contributed by atoms with Crippen molar-refractivity contribution < 1.29 is 0 Å². The molecule has 0 N–H and O–H groups in total. The topological polar surface area (TPSA) is 0 Å². The van der Waals surface area contributed by atoms with Crippen LogP contribution >= 0.6 is 0 Å². The van der Waals surface area contributed by atoms with Gasteiger partial charge in [-0.3, -0.25) is 0 Å². The molecule has 0 spiro atoms. The van der Waals surface area contributed by atoms with Crippen molar-refractivity contribution in [1.82, 2.24) is 0 Å². The molecule has 0 saturated heterocycles. The van der Waals surface area contributed by atoms with Crippen molar-refractivity contribution in [2.75, 3.05) is 0 Å². The standard InChI is InChI=1S/C23H24/c1-2-6-16(5-1)18-10-12-21-19(15-18)11-14-22-20-8-4-3-7-17(20)9-13-23(21)22/h4,8,10-12,14-16H,1-3,5-7,9,13H2. The molecule has 0 unspecified atom stereocenters. The summed E-state index contributed by atoms with van der Waals surface area (Å²) in [6, 6.07) is 12.1. The summed E-state index contributed by atoms with van der Waals surface area (Å²) in [5.74, 6) is 0.811. The quantitative estimate of drug-likeness (QED) is 0.560. The zero-order valence-corrected chi connectivity index (χ0v) is 13.8. The van der Waals surface area contributed by atoms with Crippen LogP contribution in [0.15, 0.2) is 48.1 Å². The first kappa shape index (κ1) is 13.6. The zero-order chi connectivity index (χ0) is 15.2. The fourth-order valence-electron chi connectivity index (χ4n) is 4.97. The van der Waals surface area contributed by atoms with Crippen molar-refractivity contribution in [2.24, 2.45) is 0 Å². The number of aryl methyl sites for hydroxylation is 1. The van der Waals surface area contributed by atoms with Gasteiger partial charge >= 0.3 is 0 Å². The Hall–Kier alpha value is -1.82. The Kier molecular flexibility index (Phi) is 3.18. The van der Waals surface area contributed by atoms with Crippen LogP contribution in [0, 0.1) is 0 Å². The number of fused-ring (bicyclic) bond motifs is 4. The minimum Gasteiger partial charge on any atom is -0.0836 e. The molecule has 0 atom stereocenters. The number of hydrogen-bond acceptors (Lipinski definition) is 0. The van der Waals surface area contributed by atoms with E-state index in [9.17, 15) is 0 Å². The lowest BCUT2D eigenvalue weighted by atomic mass is 9.79. The lowest BCUT2D eigenvalue weighted by Gasteiger charge is -2.25. The van der Waals surface area contributed by atoms with Gasteiger partial charge in [-0.05, 0) is 77.5 Å².